The third kappa shape index (κ3) is 7.14. The number of carbonyl (C=O) groups is 1. The molecule has 0 N–H and O–H groups in total. The van der Waals surface area contributed by atoms with E-state index in [1.807, 2.05) is 7.05 Å². The number of halogens is 3. The van der Waals surface area contributed by atoms with Crippen molar-refractivity contribution in [3.8, 4) is 0 Å². The summed E-state index contributed by atoms with van der Waals surface area (Å²) in [4.78, 5) is 17.8. The molecule has 1 aliphatic heterocycles. The topological polar surface area (TPSA) is 26.8 Å². The SMILES string of the molecule is CN(CC(=O)N(C)C)C[C@@H]1CCCN(CCc2cccc(C(F)(F)F)c2)C1. The zero-order valence-corrected chi connectivity index (χ0v) is 16.4. The lowest BCUT2D eigenvalue weighted by Gasteiger charge is -2.34. The molecule has 1 aromatic rings. The molecule has 0 unspecified atom stereocenters. The lowest BCUT2D eigenvalue weighted by molar-refractivity contribution is -0.137. The third-order valence-electron chi connectivity index (χ3n) is 5.05. The van der Waals surface area contributed by atoms with Crippen LogP contribution in [-0.2, 0) is 17.4 Å². The molecule has 152 valence electrons. The molecular weight excluding hydrogens is 355 g/mol. The van der Waals surface area contributed by atoms with Crippen LogP contribution in [0.15, 0.2) is 24.3 Å². The van der Waals surface area contributed by atoms with Gasteiger partial charge in [0.15, 0.2) is 0 Å². The highest BCUT2D eigenvalue weighted by atomic mass is 19.4. The van der Waals surface area contributed by atoms with Gasteiger partial charge >= 0.3 is 6.18 Å². The first-order chi connectivity index (χ1) is 12.6. The van der Waals surface area contributed by atoms with Gasteiger partial charge in [0, 0.05) is 33.7 Å². The first kappa shape index (κ1) is 21.7. The van der Waals surface area contributed by atoms with Crippen molar-refractivity contribution < 1.29 is 18.0 Å². The average Bonchev–Trinajstić information content (AvgIpc) is 2.59. The average molecular weight is 385 g/mol. The van der Waals surface area contributed by atoms with E-state index >= 15 is 0 Å². The van der Waals surface area contributed by atoms with Crippen LogP contribution in [0.3, 0.4) is 0 Å². The summed E-state index contributed by atoms with van der Waals surface area (Å²) in [6.07, 6.45) is -1.46. The first-order valence-corrected chi connectivity index (χ1v) is 9.42. The maximum atomic E-state index is 12.8. The minimum atomic E-state index is -4.29. The van der Waals surface area contributed by atoms with Crippen LogP contribution < -0.4 is 0 Å². The molecule has 1 fully saturated rings. The van der Waals surface area contributed by atoms with Gasteiger partial charge in [0.1, 0.15) is 0 Å². The van der Waals surface area contributed by atoms with E-state index < -0.39 is 11.7 Å². The van der Waals surface area contributed by atoms with E-state index in [0.29, 0.717) is 18.9 Å². The van der Waals surface area contributed by atoms with Crippen LogP contribution in [0.4, 0.5) is 13.2 Å². The van der Waals surface area contributed by atoms with Gasteiger partial charge in [-0.25, -0.2) is 0 Å². The Kier molecular flexibility index (Phi) is 7.68. The van der Waals surface area contributed by atoms with Gasteiger partial charge in [-0.3, -0.25) is 9.69 Å². The molecule has 1 heterocycles. The molecule has 7 heteroatoms. The molecule has 1 saturated heterocycles. The molecule has 1 amide bonds. The van der Waals surface area contributed by atoms with Crippen LogP contribution in [0.2, 0.25) is 0 Å². The fraction of sp³-hybridized carbons (Fsp3) is 0.650. The number of piperidine rings is 1. The van der Waals surface area contributed by atoms with Gasteiger partial charge in [-0.15, -0.1) is 0 Å². The second-order valence-electron chi connectivity index (χ2n) is 7.74. The van der Waals surface area contributed by atoms with E-state index in [9.17, 15) is 18.0 Å². The van der Waals surface area contributed by atoms with Crippen LogP contribution in [0, 0.1) is 5.92 Å². The van der Waals surface area contributed by atoms with Crippen molar-refractivity contribution in [2.24, 2.45) is 5.92 Å². The summed E-state index contributed by atoms with van der Waals surface area (Å²) in [5, 5.41) is 0. The van der Waals surface area contributed by atoms with Crippen molar-refractivity contribution in [1.82, 2.24) is 14.7 Å². The Morgan fingerprint density at radius 2 is 2.00 bits per heavy atom. The van der Waals surface area contributed by atoms with Crippen LogP contribution in [-0.4, -0.2) is 74.5 Å². The van der Waals surface area contributed by atoms with Crippen molar-refractivity contribution >= 4 is 5.91 Å². The number of rotatable bonds is 7. The molecule has 0 saturated carbocycles. The number of nitrogens with zero attached hydrogens (tertiary/aromatic N) is 3. The largest absolute Gasteiger partial charge is 0.416 e. The van der Waals surface area contributed by atoms with Gasteiger partial charge in [0.05, 0.1) is 12.1 Å². The summed E-state index contributed by atoms with van der Waals surface area (Å²) >= 11 is 0. The molecule has 27 heavy (non-hydrogen) atoms. The number of alkyl halides is 3. The quantitative estimate of drug-likeness (QED) is 0.722. The molecule has 1 aliphatic rings. The molecule has 2 rings (SSSR count). The monoisotopic (exact) mass is 385 g/mol. The van der Waals surface area contributed by atoms with E-state index in [1.165, 1.54) is 12.1 Å². The van der Waals surface area contributed by atoms with Gasteiger partial charge in [0.2, 0.25) is 5.91 Å². The molecule has 1 aromatic carbocycles. The fourth-order valence-corrected chi connectivity index (χ4v) is 3.57. The summed E-state index contributed by atoms with van der Waals surface area (Å²) in [5.41, 5.74) is 0.143. The predicted octanol–water partition coefficient (Wildman–Crippen LogP) is 2.98. The van der Waals surface area contributed by atoms with E-state index in [4.69, 9.17) is 0 Å². The third-order valence-corrected chi connectivity index (χ3v) is 5.05. The molecule has 0 aromatic heterocycles. The first-order valence-electron chi connectivity index (χ1n) is 9.42. The lowest BCUT2D eigenvalue weighted by atomic mass is 9.97. The number of benzene rings is 1. The second-order valence-corrected chi connectivity index (χ2v) is 7.74. The normalized spacial score (nSPS) is 18.7. The smallest absolute Gasteiger partial charge is 0.348 e. The number of likely N-dealkylation sites (tertiary alicyclic amines) is 1. The minimum absolute atomic E-state index is 0.0923. The Hall–Kier alpha value is -1.60. The van der Waals surface area contributed by atoms with E-state index in [2.05, 4.69) is 9.80 Å². The number of carbonyl (C=O) groups excluding carboxylic acids is 1. The summed E-state index contributed by atoms with van der Waals surface area (Å²) in [5.74, 6) is 0.579. The second kappa shape index (κ2) is 9.55. The Bertz CT molecular complexity index is 619. The van der Waals surface area contributed by atoms with Gasteiger partial charge in [0.25, 0.3) is 0 Å². The highest BCUT2D eigenvalue weighted by molar-refractivity contribution is 5.77. The van der Waals surface area contributed by atoms with Gasteiger partial charge < -0.3 is 9.80 Å². The zero-order chi connectivity index (χ0) is 20.0. The van der Waals surface area contributed by atoms with E-state index in [-0.39, 0.29) is 5.91 Å². The van der Waals surface area contributed by atoms with Crippen LogP contribution in [0.5, 0.6) is 0 Å². The summed E-state index contributed by atoms with van der Waals surface area (Å²) in [6, 6.07) is 5.61. The Morgan fingerprint density at radius 1 is 1.26 bits per heavy atom. The van der Waals surface area contributed by atoms with Crippen LogP contribution >= 0.6 is 0 Å². The van der Waals surface area contributed by atoms with Crippen molar-refractivity contribution in [3.05, 3.63) is 35.4 Å². The minimum Gasteiger partial charge on any atom is -0.348 e. The highest BCUT2D eigenvalue weighted by Crippen LogP contribution is 2.29. The van der Waals surface area contributed by atoms with Crippen LogP contribution in [0.1, 0.15) is 24.0 Å². The molecule has 0 spiro atoms. The predicted molar refractivity (Wildman–Crippen MR) is 101 cm³/mol. The van der Waals surface area contributed by atoms with Crippen LogP contribution in [0.25, 0.3) is 0 Å². The highest BCUT2D eigenvalue weighted by Gasteiger charge is 2.30. The number of amides is 1. The van der Waals surface area contributed by atoms with Gasteiger partial charge in [-0.05, 0) is 50.4 Å². The Balaban J connectivity index is 1.82. The fourth-order valence-electron chi connectivity index (χ4n) is 3.57. The zero-order valence-electron chi connectivity index (χ0n) is 16.4. The maximum Gasteiger partial charge on any atom is 0.416 e. The molecule has 0 radical (unpaired) electrons. The van der Waals surface area contributed by atoms with Crippen molar-refractivity contribution in [3.63, 3.8) is 0 Å². The Labute approximate surface area is 159 Å². The van der Waals surface area contributed by atoms with Crippen molar-refractivity contribution in [2.45, 2.75) is 25.4 Å². The molecular formula is C20H30F3N3O. The molecule has 4 nitrogen and oxygen atoms in total. The van der Waals surface area contributed by atoms with Gasteiger partial charge in [-0.2, -0.15) is 13.2 Å². The Morgan fingerprint density at radius 3 is 2.67 bits per heavy atom. The molecule has 1 atom stereocenters. The summed E-state index contributed by atoms with van der Waals surface area (Å²) in [6.45, 7) is 3.95. The van der Waals surface area contributed by atoms with Crippen molar-refractivity contribution in [2.75, 3.05) is 53.9 Å². The van der Waals surface area contributed by atoms with Gasteiger partial charge in [-0.1, -0.05) is 18.2 Å². The standard InChI is InChI=1S/C20H30F3N3O/c1-24(2)19(27)15-25(3)13-17-7-5-10-26(14-17)11-9-16-6-4-8-18(12-16)20(21,22)23/h4,6,8,12,17H,5,7,9-11,13-15H2,1-3H3/t17-/m0/s1. The summed E-state index contributed by atoms with van der Waals surface area (Å²) in [7, 11) is 5.47. The molecule has 0 bridgehead atoms. The van der Waals surface area contributed by atoms with E-state index in [1.54, 1.807) is 25.1 Å². The number of hydrogen-bond donors (Lipinski definition) is 0. The van der Waals surface area contributed by atoms with E-state index in [0.717, 1.165) is 50.7 Å². The van der Waals surface area contributed by atoms with Crippen molar-refractivity contribution in [1.29, 1.82) is 0 Å². The summed E-state index contributed by atoms with van der Waals surface area (Å²) < 4.78 is 38.5. The molecule has 0 aliphatic carbocycles. The number of hydrogen-bond acceptors (Lipinski definition) is 3. The maximum absolute atomic E-state index is 12.8. The number of likely N-dealkylation sites (N-methyl/N-ethyl adjacent to an activating group) is 2. The lowest BCUT2D eigenvalue weighted by Crippen LogP contribution is -2.43.